The molecule has 0 aromatic rings. The van der Waals surface area contributed by atoms with E-state index in [1.165, 1.54) is 0 Å². The van der Waals surface area contributed by atoms with E-state index in [2.05, 4.69) is 5.16 Å². The molecule has 50 valence electrons. The van der Waals surface area contributed by atoms with E-state index in [4.69, 9.17) is 10.5 Å². The number of rotatable bonds is 2. The van der Waals surface area contributed by atoms with E-state index in [0.717, 1.165) is 6.42 Å². The van der Waals surface area contributed by atoms with Crippen LogP contribution in [0.3, 0.4) is 0 Å². The minimum Gasteiger partial charge on any atom is -0.410 e. The van der Waals surface area contributed by atoms with Crippen LogP contribution < -0.4 is 0 Å². The lowest BCUT2D eigenvalue weighted by atomic mass is 10.0. The van der Waals surface area contributed by atoms with Crippen molar-refractivity contribution in [2.75, 3.05) is 0 Å². The van der Waals surface area contributed by atoms with E-state index in [9.17, 15) is 0 Å². The molecule has 0 heterocycles. The van der Waals surface area contributed by atoms with Gasteiger partial charge in [-0.2, -0.15) is 5.26 Å². The molecule has 0 fully saturated rings. The Morgan fingerprint density at radius 2 is 2.44 bits per heavy atom. The molecular formula is C6H10N2O. The van der Waals surface area contributed by atoms with Crippen molar-refractivity contribution >= 4 is 5.71 Å². The average Bonchev–Trinajstić information content (AvgIpc) is 1.90. The van der Waals surface area contributed by atoms with Gasteiger partial charge in [-0.1, -0.05) is 19.0 Å². The standard InChI is InChI=1S/C6H10N2O/c1-3-5(2)6(4-7)8-9/h5,9H,3H2,1-2H3/b8-6+. The zero-order chi connectivity index (χ0) is 7.28. The van der Waals surface area contributed by atoms with Crippen LogP contribution in [0, 0.1) is 17.2 Å². The number of hydrogen-bond donors (Lipinski definition) is 1. The zero-order valence-corrected chi connectivity index (χ0v) is 5.63. The summed E-state index contributed by atoms with van der Waals surface area (Å²) in [4.78, 5) is 0. The van der Waals surface area contributed by atoms with Crippen LogP contribution in [0.15, 0.2) is 5.16 Å². The van der Waals surface area contributed by atoms with Crippen LogP contribution in [0.2, 0.25) is 0 Å². The minimum absolute atomic E-state index is 0.0694. The maximum atomic E-state index is 8.29. The predicted molar refractivity (Wildman–Crippen MR) is 34.3 cm³/mol. The number of nitriles is 1. The summed E-state index contributed by atoms with van der Waals surface area (Å²) in [6.07, 6.45) is 0.826. The van der Waals surface area contributed by atoms with Crippen LogP contribution >= 0.6 is 0 Å². The highest BCUT2D eigenvalue weighted by atomic mass is 16.4. The van der Waals surface area contributed by atoms with E-state index in [-0.39, 0.29) is 11.6 Å². The van der Waals surface area contributed by atoms with Gasteiger partial charge in [0.25, 0.3) is 0 Å². The summed E-state index contributed by atoms with van der Waals surface area (Å²) in [6, 6.07) is 1.80. The van der Waals surface area contributed by atoms with Crippen LogP contribution in [0.5, 0.6) is 0 Å². The van der Waals surface area contributed by atoms with Gasteiger partial charge in [0.2, 0.25) is 0 Å². The quantitative estimate of drug-likeness (QED) is 0.345. The molecule has 0 saturated heterocycles. The van der Waals surface area contributed by atoms with Crippen LogP contribution in [0.25, 0.3) is 0 Å². The second-order valence-corrected chi connectivity index (χ2v) is 1.91. The third-order valence-electron chi connectivity index (χ3n) is 1.30. The van der Waals surface area contributed by atoms with Crippen molar-refractivity contribution in [1.82, 2.24) is 0 Å². The van der Waals surface area contributed by atoms with Gasteiger partial charge in [-0.25, -0.2) is 0 Å². The van der Waals surface area contributed by atoms with Crippen molar-refractivity contribution in [3.63, 3.8) is 0 Å². The van der Waals surface area contributed by atoms with E-state index in [1.807, 2.05) is 13.8 Å². The summed E-state index contributed by atoms with van der Waals surface area (Å²) < 4.78 is 0. The van der Waals surface area contributed by atoms with Gasteiger partial charge in [0.15, 0.2) is 5.71 Å². The molecule has 0 aromatic heterocycles. The molecule has 0 radical (unpaired) electrons. The van der Waals surface area contributed by atoms with E-state index >= 15 is 0 Å². The Hall–Kier alpha value is -1.04. The average molecular weight is 126 g/mol. The monoisotopic (exact) mass is 126 g/mol. The molecule has 0 aliphatic carbocycles. The van der Waals surface area contributed by atoms with Crippen LogP contribution in [-0.4, -0.2) is 10.9 Å². The maximum Gasteiger partial charge on any atom is 0.159 e. The molecule has 9 heavy (non-hydrogen) atoms. The van der Waals surface area contributed by atoms with Gasteiger partial charge < -0.3 is 5.21 Å². The highest BCUT2D eigenvalue weighted by molar-refractivity contribution is 5.99. The Morgan fingerprint density at radius 1 is 1.89 bits per heavy atom. The summed E-state index contributed by atoms with van der Waals surface area (Å²) >= 11 is 0. The van der Waals surface area contributed by atoms with Crippen molar-refractivity contribution in [2.24, 2.45) is 11.1 Å². The van der Waals surface area contributed by atoms with Crippen LogP contribution in [0.1, 0.15) is 20.3 Å². The fraction of sp³-hybridized carbons (Fsp3) is 0.667. The topological polar surface area (TPSA) is 56.4 Å². The second-order valence-electron chi connectivity index (χ2n) is 1.91. The van der Waals surface area contributed by atoms with Gasteiger partial charge in [0.05, 0.1) is 0 Å². The second kappa shape index (κ2) is 3.90. The van der Waals surface area contributed by atoms with Gasteiger partial charge in [-0.15, -0.1) is 0 Å². The lowest BCUT2D eigenvalue weighted by Gasteiger charge is -2.00. The normalized spacial score (nSPS) is 14.6. The van der Waals surface area contributed by atoms with Crippen molar-refractivity contribution in [2.45, 2.75) is 20.3 Å². The summed E-state index contributed by atoms with van der Waals surface area (Å²) in [5.41, 5.74) is 0.206. The van der Waals surface area contributed by atoms with Gasteiger partial charge in [-0.05, 0) is 6.42 Å². The highest BCUT2D eigenvalue weighted by Gasteiger charge is 2.06. The minimum atomic E-state index is 0.0694. The molecule has 0 saturated carbocycles. The lowest BCUT2D eigenvalue weighted by Crippen LogP contribution is -2.06. The first-order valence-electron chi connectivity index (χ1n) is 2.88. The molecular weight excluding hydrogens is 116 g/mol. The molecule has 1 atom stereocenters. The molecule has 0 aliphatic heterocycles. The fourth-order valence-corrected chi connectivity index (χ4v) is 0.424. The van der Waals surface area contributed by atoms with Gasteiger partial charge in [0.1, 0.15) is 6.07 Å². The Labute approximate surface area is 54.6 Å². The Morgan fingerprint density at radius 3 is 2.56 bits per heavy atom. The summed E-state index contributed by atoms with van der Waals surface area (Å²) in [6.45, 7) is 3.78. The van der Waals surface area contributed by atoms with E-state index in [1.54, 1.807) is 6.07 Å². The van der Waals surface area contributed by atoms with Gasteiger partial charge >= 0.3 is 0 Å². The van der Waals surface area contributed by atoms with Crippen molar-refractivity contribution in [1.29, 1.82) is 5.26 Å². The summed E-state index contributed by atoms with van der Waals surface area (Å²) in [5, 5.41) is 19.3. The number of nitrogens with zero attached hydrogens (tertiary/aromatic N) is 2. The summed E-state index contributed by atoms with van der Waals surface area (Å²) in [7, 11) is 0. The first-order valence-corrected chi connectivity index (χ1v) is 2.88. The molecule has 1 unspecified atom stereocenters. The third kappa shape index (κ3) is 2.13. The van der Waals surface area contributed by atoms with Gasteiger partial charge in [0, 0.05) is 5.92 Å². The predicted octanol–water partition coefficient (Wildman–Crippen LogP) is 1.39. The maximum absolute atomic E-state index is 8.29. The number of hydrogen-bond acceptors (Lipinski definition) is 3. The van der Waals surface area contributed by atoms with Crippen LogP contribution in [-0.2, 0) is 0 Å². The molecule has 0 amide bonds. The van der Waals surface area contributed by atoms with Crippen LogP contribution in [0.4, 0.5) is 0 Å². The Bertz CT molecular complexity index is 146. The molecule has 0 rings (SSSR count). The fourth-order valence-electron chi connectivity index (χ4n) is 0.424. The third-order valence-corrected chi connectivity index (χ3v) is 1.30. The zero-order valence-electron chi connectivity index (χ0n) is 5.63. The van der Waals surface area contributed by atoms with E-state index in [0.29, 0.717) is 0 Å². The molecule has 0 bridgehead atoms. The summed E-state index contributed by atoms with van der Waals surface area (Å²) in [5.74, 6) is 0.0694. The van der Waals surface area contributed by atoms with Crippen molar-refractivity contribution in [3.8, 4) is 6.07 Å². The highest BCUT2D eigenvalue weighted by Crippen LogP contribution is 2.01. The molecule has 0 aromatic carbocycles. The van der Waals surface area contributed by atoms with E-state index < -0.39 is 0 Å². The van der Waals surface area contributed by atoms with Crippen molar-refractivity contribution < 1.29 is 5.21 Å². The number of oxime groups is 1. The molecule has 3 nitrogen and oxygen atoms in total. The Kier molecular flexibility index (Phi) is 3.45. The first kappa shape index (κ1) is 7.96. The molecule has 3 heteroatoms. The lowest BCUT2D eigenvalue weighted by molar-refractivity contribution is 0.316. The molecule has 0 aliphatic rings. The Balaban J connectivity index is 4.01. The SMILES string of the molecule is CCC(C)/C(C#N)=N/O. The van der Waals surface area contributed by atoms with Crippen molar-refractivity contribution in [3.05, 3.63) is 0 Å². The molecule has 0 spiro atoms. The first-order chi connectivity index (χ1) is 4.26. The van der Waals surface area contributed by atoms with Gasteiger partial charge in [-0.3, -0.25) is 0 Å². The smallest absolute Gasteiger partial charge is 0.159 e. The largest absolute Gasteiger partial charge is 0.410 e. The molecule has 1 N–H and O–H groups in total.